The van der Waals surface area contributed by atoms with Crippen LogP contribution in [-0.2, 0) is 14.9 Å². The summed E-state index contributed by atoms with van der Waals surface area (Å²) in [6, 6.07) is -0.396. The van der Waals surface area contributed by atoms with E-state index in [-0.39, 0.29) is 12.1 Å². The maximum Gasteiger partial charge on any atom is 0.307 e. The zero-order valence-electron chi connectivity index (χ0n) is 9.26. The third-order valence-corrected chi connectivity index (χ3v) is 3.63. The Morgan fingerprint density at radius 3 is 2.19 bits per heavy atom. The van der Waals surface area contributed by atoms with Gasteiger partial charge in [-0.25, -0.2) is 4.39 Å². The Morgan fingerprint density at radius 2 is 1.81 bits per heavy atom. The predicted octanol–water partition coefficient (Wildman–Crippen LogP) is 0.959. The second-order valence-electron chi connectivity index (χ2n) is 4.21. The standard InChI is InChI=1S/C9H16FNO4S/c1-6-4-3-5-7(2)11(6)9(12)8(10)16(13,14)15/h6-8H,3-5H2,1-2H3,(H,13,14,15). The second-order valence-corrected chi connectivity index (χ2v) is 5.65. The fourth-order valence-corrected chi connectivity index (χ4v) is 2.48. The number of rotatable bonds is 2. The molecule has 0 aromatic heterocycles. The lowest BCUT2D eigenvalue weighted by molar-refractivity contribution is -0.139. The number of hydrogen-bond acceptors (Lipinski definition) is 3. The van der Waals surface area contributed by atoms with Crippen molar-refractivity contribution in [1.82, 2.24) is 4.90 Å². The molecule has 7 heteroatoms. The third-order valence-electron chi connectivity index (χ3n) is 2.90. The molecule has 1 N–H and O–H groups in total. The predicted molar refractivity (Wildman–Crippen MR) is 56.1 cm³/mol. The molecule has 1 saturated heterocycles. The summed E-state index contributed by atoms with van der Waals surface area (Å²) in [7, 11) is -4.96. The average Bonchev–Trinajstić information content (AvgIpc) is 2.14. The van der Waals surface area contributed by atoms with Crippen LogP contribution in [0, 0.1) is 0 Å². The van der Waals surface area contributed by atoms with E-state index in [4.69, 9.17) is 4.55 Å². The van der Waals surface area contributed by atoms with Crippen LogP contribution in [0.1, 0.15) is 33.1 Å². The van der Waals surface area contributed by atoms with Crippen molar-refractivity contribution in [2.45, 2.75) is 50.7 Å². The van der Waals surface area contributed by atoms with E-state index in [2.05, 4.69) is 0 Å². The first-order chi connectivity index (χ1) is 7.25. The number of carbonyl (C=O) groups is 1. The molecule has 1 fully saturated rings. The Morgan fingerprint density at radius 1 is 1.38 bits per heavy atom. The summed E-state index contributed by atoms with van der Waals surface area (Å²) >= 11 is 0. The lowest BCUT2D eigenvalue weighted by Crippen LogP contribution is -2.51. The fraction of sp³-hybridized carbons (Fsp3) is 0.889. The molecule has 0 bridgehead atoms. The van der Waals surface area contributed by atoms with Gasteiger partial charge in [-0.15, -0.1) is 0 Å². The van der Waals surface area contributed by atoms with Gasteiger partial charge in [0.05, 0.1) is 0 Å². The van der Waals surface area contributed by atoms with Gasteiger partial charge in [0.1, 0.15) is 0 Å². The van der Waals surface area contributed by atoms with Gasteiger partial charge in [0.15, 0.2) is 0 Å². The molecule has 0 radical (unpaired) electrons. The Hall–Kier alpha value is -0.690. The van der Waals surface area contributed by atoms with Crippen LogP contribution in [0.3, 0.4) is 0 Å². The maximum atomic E-state index is 13.2. The third kappa shape index (κ3) is 2.70. The highest BCUT2D eigenvalue weighted by Gasteiger charge is 2.39. The van der Waals surface area contributed by atoms with Crippen molar-refractivity contribution in [2.75, 3.05) is 0 Å². The van der Waals surface area contributed by atoms with Gasteiger partial charge in [-0.1, -0.05) is 0 Å². The summed E-state index contributed by atoms with van der Waals surface area (Å²) in [6.07, 6.45) is 2.36. The van der Waals surface area contributed by atoms with Gasteiger partial charge in [0.25, 0.3) is 5.91 Å². The lowest BCUT2D eigenvalue weighted by Gasteiger charge is -2.39. The number of alkyl halides is 1. The van der Waals surface area contributed by atoms with Crippen molar-refractivity contribution in [3.63, 3.8) is 0 Å². The van der Waals surface area contributed by atoms with E-state index in [1.807, 2.05) is 0 Å². The van der Waals surface area contributed by atoms with Gasteiger partial charge in [0.2, 0.25) is 0 Å². The number of piperidine rings is 1. The Kier molecular flexibility index (Phi) is 3.90. The van der Waals surface area contributed by atoms with E-state index in [0.717, 1.165) is 6.42 Å². The zero-order chi connectivity index (χ0) is 12.5. The van der Waals surface area contributed by atoms with Crippen molar-refractivity contribution in [3.8, 4) is 0 Å². The first-order valence-corrected chi connectivity index (χ1v) is 6.68. The molecule has 1 heterocycles. The summed E-state index contributed by atoms with van der Waals surface area (Å²) in [5.74, 6) is -1.16. The van der Waals surface area contributed by atoms with Crippen LogP contribution in [0.5, 0.6) is 0 Å². The topological polar surface area (TPSA) is 74.7 Å². The van der Waals surface area contributed by atoms with Crippen LogP contribution in [0.4, 0.5) is 4.39 Å². The molecule has 94 valence electrons. The largest absolute Gasteiger partial charge is 0.334 e. The number of nitrogens with zero attached hydrogens (tertiary/aromatic N) is 1. The van der Waals surface area contributed by atoms with Gasteiger partial charge in [-0.05, 0) is 33.1 Å². The Bertz CT molecular complexity index is 360. The number of likely N-dealkylation sites (tertiary alicyclic amines) is 1. The fourth-order valence-electron chi connectivity index (χ4n) is 2.10. The second kappa shape index (κ2) is 4.67. The molecule has 0 spiro atoms. The molecule has 0 saturated carbocycles. The summed E-state index contributed by atoms with van der Waals surface area (Å²) in [6.45, 7) is 3.48. The number of carbonyl (C=O) groups excluding carboxylic acids is 1. The molecule has 0 aromatic rings. The minimum Gasteiger partial charge on any atom is -0.334 e. The minimum atomic E-state index is -4.96. The molecular formula is C9H16FNO4S. The molecule has 3 unspecified atom stereocenters. The molecule has 3 atom stereocenters. The molecule has 1 aliphatic heterocycles. The quantitative estimate of drug-likeness (QED) is 0.744. The molecule has 0 aliphatic carbocycles. The first kappa shape index (κ1) is 13.4. The van der Waals surface area contributed by atoms with Crippen molar-refractivity contribution >= 4 is 16.0 Å². The molecule has 1 aliphatic rings. The van der Waals surface area contributed by atoms with Crippen LogP contribution >= 0.6 is 0 Å². The number of amides is 1. The maximum absolute atomic E-state index is 13.2. The van der Waals surface area contributed by atoms with Gasteiger partial charge in [-0.3, -0.25) is 9.35 Å². The Balaban J connectivity index is 2.87. The normalized spacial score (nSPS) is 28.9. The van der Waals surface area contributed by atoms with Crippen LogP contribution in [-0.4, -0.2) is 41.4 Å². The average molecular weight is 253 g/mol. The van der Waals surface area contributed by atoms with Crippen molar-refractivity contribution in [3.05, 3.63) is 0 Å². The van der Waals surface area contributed by atoms with E-state index < -0.39 is 21.5 Å². The highest BCUT2D eigenvalue weighted by Crippen LogP contribution is 2.24. The smallest absolute Gasteiger partial charge is 0.307 e. The molecule has 1 amide bonds. The monoisotopic (exact) mass is 253 g/mol. The summed E-state index contributed by atoms with van der Waals surface area (Å²) in [4.78, 5) is 12.8. The van der Waals surface area contributed by atoms with Crippen LogP contribution in [0.2, 0.25) is 0 Å². The van der Waals surface area contributed by atoms with E-state index in [1.54, 1.807) is 13.8 Å². The van der Waals surface area contributed by atoms with E-state index in [9.17, 15) is 17.6 Å². The van der Waals surface area contributed by atoms with E-state index >= 15 is 0 Å². The summed E-state index contributed by atoms with van der Waals surface area (Å²) < 4.78 is 42.8. The minimum absolute atomic E-state index is 0.198. The summed E-state index contributed by atoms with van der Waals surface area (Å²) in [5.41, 5.74) is -2.87. The van der Waals surface area contributed by atoms with Gasteiger partial charge in [0, 0.05) is 12.1 Å². The zero-order valence-corrected chi connectivity index (χ0v) is 10.1. The van der Waals surface area contributed by atoms with Crippen LogP contribution in [0.15, 0.2) is 0 Å². The van der Waals surface area contributed by atoms with Crippen LogP contribution < -0.4 is 0 Å². The number of hydrogen-bond donors (Lipinski definition) is 1. The van der Waals surface area contributed by atoms with Gasteiger partial charge >= 0.3 is 15.6 Å². The van der Waals surface area contributed by atoms with Crippen molar-refractivity contribution < 1.29 is 22.2 Å². The van der Waals surface area contributed by atoms with E-state index in [1.165, 1.54) is 4.90 Å². The van der Waals surface area contributed by atoms with Gasteiger partial charge < -0.3 is 4.90 Å². The molecule has 0 aromatic carbocycles. The van der Waals surface area contributed by atoms with Crippen LogP contribution in [0.25, 0.3) is 0 Å². The Labute approximate surface area is 94.4 Å². The molecule has 16 heavy (non-hydrogen) atoms. The first-order valence-electron chi connectivity index (χ1n) is 5.17. The van der Waals surface area contributed by atoms with Crippen molar-refractivity contribution in [1.29, 1.82) is 0 Å². The molecule has 1 rings (SSSR count). The molecule has 5 nitrogen and oxygen atoms in total. The lowest BCUT2D eigenvalue weighted by atomic mass is 9.97. The van der Waals surface area contributed by atoms with Crippen molar-refractivity contribution in [2.24, 2.45) is 0 Å². The molecular weight excluding hydrogens is 237 g/mol. The highest BCUT2D eigenvalue weighted by molar-refractivity contribution is 7.87. The SMILES string of the molecule is CC1CCCC(C)N1C(=O)C(F)S(=O)(=O)O. The highest BCUT2D eigenvalue weighted by atomic mass is 32.2. The summed E-state index contributed by atoms with van der Waals surface area (Å²) in [5, 5.41) is 0. The number of halogens is 1. The van der Waals surface area contributed by atoms with Gasteiger partial charge in [-0.2, -0.15) is 8.42 Å². The van der Waals surface area contributed by atoms with E-state index in [0.29, 0.717) is 12.8 Å².